The summed E-state index contributed by atoms with van der Waals surface area (Å²) < 4.78 is 15.4. The molecule has 2 aliphatic rings. The first-order valence-electron chi connectivity index (χ1n) is 9.45. The minimum Gasteiger partial charge on any atom is -0.337 e. The first kappa shape index (κ1) is 19.6. The molecule has 4 heterocycles. The molecule has 0 aromatic carbocycles. The highest BCUT2D eigenvalue weighted by atomic mass is 32.2. The van der Waals surface area contributed by atoms with E-state index in [0.717, 1.165) is 17.1 Å². The Bertz CT molecular complexity index is 1030. The normalized spacial score (nSPS) is 16.5. The number of rotatable bonds is 2. The van der Waals surface area contributed by atoms with E-state index >= 15 is 0 Å². The molecule has 1 fully saturated rings. The Hall–Kier alpha value is -2.68. The lowest BCUT2D eigenvalue weighted by atomic mass is 9.95. The number of hydrogen-bond donors (Lipinski definition) is 0. The fraction of sp³-hybridized carbons (Fsp3) is 0.400. The number of halogens is 1. The van der Waals surface area contributed by atoms with Gasteiger partial charge >= 0.3 is 0 Å². The average molecular weight is 416 g/mol. The molecule has 0 saturated carbocycles. The fourth-order valence-corrected chi connectivity index (χ4v) is 4.70. The van der Waals surface area contributed by atoms with Gasteiger partial charge in [-0.15, -0.1) is 0 Å². The number of aryl methyl sites for hydroxylation is 1. The number of thioether (sulfide) groups is 1. The largest absolute Gasteiger partial charge is 0.337 e. The number of aromatic nitrogens is 2. The number of nitrogens with zero attached hydrogens (tertiary/aromatic N) is 4. The summed E-state index contributed by atoms with van der Waals surface area (Å²) in [5, 5.41) is 0. The molecular weight excluding hydrogens is 395 g/mol. The quantitative estimate of drug-likeness (QED) is 0.738. The van der Waals surface area contributed by atoms with E-state index < -0.39 is 11.7 Å². The van der Waals surface area contributed by atoms with Gasteiger partial charge in [-0.1, -0.05) is 0 Å². The van der Waals surface area contributed by atoms with Gasteiger partial charge in [0.1, 0.15) is 5.56 Å². The van der Waals surface area contributed by atoms with Gasteiger partial charge in [0.25, 0.3) is 17.4 Å². The Morgan fingerprint density at radius 3 is 2.62 bits per heavy atom. The van der Waals surface area contributed by atoms with E-state index in [0.29, 0.717) is 31.6 Å². The fourth-order valence-electron chi connectivity index (χ4n) is 3.80. The summed E-state index contributed by atoms with van der Waals surface area (Å²) >= 11 is 1.79. The van der Waals surface area contributed by atoms with Crippen molar-refractivity contribution < 1.29 is 14.0 Å². The molecule has 7 nitrogen and oxygen atoms in total. The molecule has 0 unspecified atom stereocenters. The standard InChI is InChI=1S/C20H21FN4O3S/c1-23-11-13-12-25(20(28)17-15(21)3-2-5-22-17)6-4-14(13)16(18(23)26)19(27)24-7-9-29-10-8-24/h2-3,5,11H,4,6-10,12H2,1H3. The minimum absolute atomic E-state index is 0.202. The van der Waals surface area contributed by atoms with Crippen molar-refractivity contribution in [2.45, 2.75) is 13.0 Å². The van der Waals surface area contributed by atoms with Gasteiger partial charge in [0.15, 0.2) is 11.5 Å². The van der Waals surface area contributed by atoms with E-state index in [9.17, 15) is 18.8 Å². The van der Waals surface area contributed by atoms with Crippen LogP contribution in [0.4, 0.5) is 4.39 Å². The zero-order valence-electron chi connectivity index (χ0n) is 16.1. The molecule has 9 heteroatoms. The summed E-state index contributed by atoms with van der Waals surface area (Å²) in [5.74, 6) is 0.322. The third kappa shape index (κ3) is 3.66. The van der Waals surface area contributed by atoms with E-state index in [2.05, 4.69) is 4.98 Å². The van der Waals surface area contributed by atoms with Crippen molar-refractivity contribution in [1.82, 2.24) is 19.4 Å². The number of fused-ring (bicyclic) bond motifs is 1. The van der Waals surface area contributed by atoms with Crippen LogP contribution >= 0.6 is 11.8 Å². The molecule has 2 aromatic rings. The van der Waals surface area contributed by atoms with Gasteiger partial charge < -0.3 is 14.4 Å². The third-order valence-corrected chi connectivity index (χ3v) is 6.27. The average Bonchev–Trinajstić information content (AvgIpc) is 2.74. The lowest BCUT2D eigenvalue weighted by Gasteiger charge is -2.32. The van der Waals surface area contributed by atoms with Crippen molar-refractivity contribution in [3.8, 4) is 0 Å². The van der Waals surface area contributed by atoms with E-state index in [1.165, 1.54) is 27.8 Å². The van der Waals surface area contributed by atoms with Crippen LogP contribution in [0.25, 0.3) is 0 Å². The summed E-state index contributed by atoms with van der Waals surface area (Å²) in [6.07, 6.45) is 3.41. The van der Waals surface area contributed by atoms with Crippen molar-refractivity contribution in [2.24, 2.45) is 7.05 Å². The highest BCUT2D eigenvalue weighted by Gasteiger charge is 2.31. The second-order valence-corrected chi connectivity index (χ2v) is 8.36. The molecule has 2 aromatic heterocycles. The highest BCUT2D eigenvalue weighted by molar-refractivity contribution is 7.99. The molecule has 2 aliphatic heterocycles. The Morgan fingerprint density at radius 1 is 1.14 bits per heavy atom. The van der Waals surface area contributed by atoms with E-state index in [4.69, 9.17) is 0 Å². The van der Waals surface area contributed by atoms with Crippen LogP contribution in [0.15, 0.2) is 29.3 Å². The van der Waals surface area contributed by atoms with E-state index in [1.807, 2.05) is 0 Å². The van der Waals surface area contributed by atoms with Crippen LogP contribution in [0, 0.1) is 5.82 Å². The van der Waals surface area contributed by atoms with Crippen LogP contribution in [0.2, 0.25) is 0 Å². The SMILES string of the molecule is Cn1cc2c(c(C(=O)N3CCSCC3)c1=O)CCN(C(=O)c1ncccc1F)C2. The zero-order chi connectivity index (χ0) is 20.5. The number of pyridine rings is 2. The summed E-state index contributed by atoms with van der Waals surface area (Å²) in [4.78, 5) is 45.7. The first-order chi connectivity index (χ1) is 14.0. The molecule has 4 rings (SSSR count). The van der Waals surface area contributed by atoms with Crippen molar-refractivity contribution in [2.75, 3.05) is 31.1 Å². The Balaban J connectivity index is 1.66. The van der Waals surface area contributed by atoms with Gasteiger partial charge in [0.05, 0.1) is 0 Å². The molecule has 152 valence electrons. The smallest absolute Gasteiger partial charge is 0.275 e. The Morgan fingerprint density at radius 2 is 1.90 bits per heavy atom. The second-order valence-electron chi connectivity index (χ2n) is 7.14. The van der Waals surface area contributed by atoms with Crippen molar-refractivity contribution in [1.29, 1.82) is 0 Å². The Kier molecular flexibility index (Phi) is 5.40. The maximum absolute atomic E-state index is 14.0. The van der Waals surface area contributed by atoms with Crippen molar-refractivity contribution in [3.05, 3.63) is 63.1 Å². The highest BCUT2D eigenvalue weighted by Crippen LogP contribution is 2.24. The predicted molar refractivity (Wildman–Crippen MR) is 108 cm³/mol. The van der Waals surface area contributed by atoms with Crippen LogP contribution in [0.3, 0.4) is 0 Å². The van der Waals surface area contributed by atoms with E-state index in [-0.39, 0.29) is 29.3 Å². The topological polar surface area (TPSA) is 75.5 Å². The van der Waals surface area contributed by atoms with Crippen molar-refractivity contribution >= 4 is 23.6 Å². The lowest BCUT2D eigenvalue weighted by molar-refractivity contribution is 0.0721. The first-order valence-corrected chi connectivity index (χ1v) is 10.6. The zero-order valence-corrected chi connectivity index (χ0v) is 16.9. The van der Waals surface area contributed by atoms with Crippen LogP contribution in [0.5, 0.6) is 0 Å². The maximum Gasteiger partial charge on any atom is 0.275 e. The second kappa shape index (κ2) is 7.98. The van der Waals surface area contributed by atoms with Crippen LogP contribution in [-0.4, -0.2) is 62.3 Å². The summed E-state index contributed by atoms with van der Waals surface area (Å²) in [5.41, 5.74) is 1.10. The summed E-state index contributed by atoms with van der Waals surface area (Å²) in [7, 11) is 1.60. The molecule has 29 heavy (non-hydrogen) atoms. The molecule has 2 amide bonds. The number of hydrogen-bond acceptors (Lipinski definition) is 5. The molecule has 0 atom stereocenters. The van der Waals surface area contributed by atoms with Gasteiger partial charge in [0, 0.05) is 57.1 Å². The van der Waals surface area contributed by atoms with Gasteiger partial charge in [-0.05, 0) is 29.7 Å². The molecule has 0 spiro atoms. The van der Waals surface area contributed by atoms with Gasteiger partial charge in [-0.3, -0.25) is 14.4 Å². The van der Waals surface area contributed by atoms with Crippen LogP contribution in [-0.2, 0) is 20.0 Å². The molecule has 0 aliphatic carbocycles. The van der Waals surface area contributed by atoms with Crippen LogP contribution < -0.4 is 5.56 Å². The number of carbonyl (C=O) groups excluding carboxylic acids is 2. The van der Waals surface area contributed by atoms with Crippen molar-refractivity contribution in [3.63, 3.8) is 0 Å². The minimum atomic E-state index is -0.664. The van der Waals surface area contributed by atoms with E-state index in [1.54, 1.807) is 29.9 Å². The number of carbonyl (C=O) groups is 2. The van der Waals surface area contributed by atoms with Crippen LogP contribution in [0.1, 0.15) is 32.0 Å². The van der Waals surface area contributed by atoms with Gasteiger partial charge in [0.2, 0.25) is 0 Å². The van der Waals surface area contributed by atoms with Gasteiger partial charge in [-0.25, -0.2) is 9.37 Å². The molecule has 0 radical (unpaired) electrons. The third-order valence-electron chi connectivity index (χ3n) is 5.33. The molecule has 1 saturated heterocycles. The summed E-state index contributed by atoms with van der Waals surface area (Å²) in [6.45, 7) is 1.75. The maximum atomic E-state index is 14.0. The predicted octanol–water partition coefficient (Wildman–Crippen LogP) is 1.31. The van der Waals surface area contributed by atoms with Gasteiger partial charge in [-0.2, -0.15) is 11.8 Å². The molecule has 0 bridgehead atoms. The molecular formula is C20H21FN4O3S. The lowest BCUT2D eigenvalue weighted by Crippen LogP contribution is -2.44. The monoisotopic (exact) mass is 416 g/mol. The molecule has 0 N–H and O–H groups in total. The number of amides is 2. The summed E-state index contributed by atoms with van der Waals surface area (Å²) in [6, 6.07) is 2.64. The Labute approximate surface area is 171 Å².